The normalized spacial score (nSPS) is 11.9. The summed E-state index contributed by atoms with van der Waals surface area (Å²) in [5.41, 5.74) is 3.34. The Morgan fingerprint density at radius 2 is 1.86 bits per heavy atom. The van der Waals surface area contributed by atoms with Gasteiger partial charge in [-0.15, -0.1) is 11.3 Å². The lowest BCUT2D eigenvalue weighted by molar-refractivity contribution is 0.217. The molecular formula is C26H31N5O3S. The number of hydrogen-bond acceptors (Lipinski definition) is 9. The van der Waals surface area contributed by atoms with Crippen molar-refractivity contribution in [3.63, 3.8) is 0 Å². The van der Waals surface area contributed by atoms with E-state index in [9.17, 15) is 5.11 Å². The van der Waals surface area contributed by atoms with E-state index < -0.39 is 0 Å². The fourth-order valence-electron chi connectivity index (χ4n) is 3.92. The fourth-order valence-corrected chi connectivity index (χ4v) is 4.98. The van der Waals surface area contributed by atoms with Gasteiger partial charge in [-0.2, -0.15) is 4.98 Å². The molecule has 0 radical (unpaired) electrons. The van der Waals surface area contributed by atoms with Crippen LogP contribution in [0.2, 0.25) is 0 Å². The Kier molecular flexibility index (Phi) is 7.99. The van der Waals surface area contributed by atoms with Gasteiger partial charge in [-0.3, -0.25) is 0 Å². The van der Waals surface area contributed by atoms with Crippen LogP contribution in [0, 0.1) is 12.8 Å². The van der Waals surface area contributed by atoms with Gasteiger partial charge in [0.1, 0.15) is 10.8 Å². The number of para-hydroxylation sites is 2. The number of aromatic nitrogens is 3. The van der Waals surface area contributed by atoms with Crippen LogP contribution in [-0.4, -0.2) is 47.4 Å². The molecule has 0 saturated carbocycles. The van der Waals surface area contributed by atoms with Crippen molar-refractivity contribution in [1.82, 2.24) is 15.0 Å². The largest absolute Gasteiger partial charge is 0.493 e. The van der Waals surface area contributed by atoms with Crippen LogP contribution in [-0.2, 0) is 0 Å². The van der Waals surface area contributed by atoms with Crippen LogP contribution in [0.5, 0.6) is 11.5 Å². The molecule has 184 valence electrons. The van der Waals surface area contributed by atoms with Gasteiger partial charge in [0.15, 0.2) is 11.5 Å². The number of ether oxygens (including phenoxy) is 2. The molecule has 4 aromatic rings. The number of rotatable bonds is 11. The molecule has 0 aliphatic heterocycles. The maximum Gasteiger partial charge on any atom is 0.229 e. The average Bonchev–Trinajstić information content (AvgIpc) is 3.30. The lowest BCUT2D eigenvalue weighted by atomic mass is 10.0. The standard InChI is InChI=1S/C26H31N5O3S/c1-5-17(15-32)13-14-27-24-22(25-29-18-9-6-7-12-21(18)35-25)16(2)28-26(31-24)30-19-10-8-11-20(33-3)23(19)34-4/h6-12,17,32H,5,13-15H2,1-4H3,(H2,27,28,30,31). The monoisotopic (exact) mass is 493 g/mol. The molecule has 0 amide bonds. The molecule has 3 N–H and O–H groups in total. The number of benzene rings is 2. The Hall–Kier alpha value is -3.43. The smallest absolute Gasteiger partial charge is 0.229 e. The molecule has 2 aromatic carbocycles. The number of hydrogen-bond donors (Lipinski definition) is 3. The maximum atomic E-state index is 9.59. The van der Waals surface area contributed by atoms with E-state index in [1.165, 1.54) is 0 Å². The van der Waals surface area contributed by atoms with Gasteiger partial charge in [0.25, 0.3) is 0 Å². The third kappa shape index (κ3) is 5.47. The third-order valence-electron chi connectivity index (χ3n) is 5.93. The predicted octanol–water partition coefficient (Wildman–Crippen LogP) is 5.64. The quantitative estimate of drug-likeness (QED) is 0.247. The number of thiazole rings is 1. The fraction of sp³-hybridized carbons (Fsp3) is 0.346. The Morgan fingerprint density at radius 1 is 1.03 bits per heavy atom. The summed E-state index contributed by atoms with van der Waals surface area (Å²) in [7, 11) is 3.21. The van der Waals surface area contributed by atoms with Crippen molar-refractivity contribution in [3.8, 4) is 22.1 Å². The highest BCUT2D eigenvalue weighted by Crippen LogP contribution is 2.38. The van der Waals surface area contributed by atoms with Crippen molar-refractivity contribution >= 4 is 39.0 Å². The van der Waals surface area contributed by atoms with Gasteiger partial charge in [0.05, 0.1) is 41.4 Å². The highest BCUT2D eigenvalue weighted by atomic mass is 32.1. The molecule has 1 unspecified atom stereocenters. The minimum atomic E-state index is 0.175. The van der Waals surface area contributed by atoms with Crippen molar-refractivity contribution in [2.75, 3.05) is 38.0 Å². The van der Waals surface area contributed by atoms with E-state index in [0.717, 1.165) is 39.3 Å². The molecule has 0 bridgehead atoms. The second-order valence-electron chi connectivity index (χ2n) is 8.18. The maximum absolute atomic E-state index is 9.59. The zero-order valence-corrected chi connectivity index (χ0v) is 21.3. The minimum absolute atomic E-state index is 0.175. The summed E-state index contributed by atoms with van der Waals surface area (Å²) >= 11 is 1.62. The summed E-state index contributed by atoms with van der Waals surface area (Å²) in [6, 6.07) is 13.7. The number of methoxy groups -OCH3 is 2. The van der Waals surface area contributed by atoms with Crippen LogP contribution in [0.1, 0.15) is 25.5 Å². The van der Waals surface area contributed by atoms with Crippen LogP contribution < -0.4 is 20.1 Å². The number of anilines is 3. The van der Waals surface area contributed by atoms with E-state index in [1.807, 2.05) is 43.3 Å². The van der Waals surface area contributed by atoms with E-state index in [4.69, 9.17) is 24.4 Å². The second-order valence-corrected chi connectivity index (χ2v) is 9.21. The summed E-state index contributed by atoms with van der Waals surface area (Å²) in [5, 5.41) is 17.2. The van der Waals surface area contributed by atoms with Crippen LogP contribution in [0.25, 0.3) is 20.8 Å². The Bertz CT molecular complexity index is 1260. The van der Waals surface area contributed by atoms with E-state index in [-0.39, 0.29) is 12.5 Å². The molecule has 1 atom stereocenters. The Labute approximate surface area is 209 Å². The first-order valence-corrected chi connectivity index (χ1v) is 12.5. The van der Waals surface area contributed by atoms with E-state index in [2.05, 4.69) is 23.6 Å². The molecular weight excluding hydrogens is 462 g/mol. The highest BCUT2D eigenvalue weighted by molar-refractivity contribution is 7.21. The van der Waals surface area contributed by atoms with Crippen molar-refractivity contribution in [2.24, 2.45) is 5.92 Å². The number of nitrogens with zero attached hydrogens (tertiary/aromatic N) is 3. The number of nitrogens with one attached hydrogen (secondary N) is 2. The number of aliphatic hydroxyl groups excluding tert-OH is 1. The molecule has 0 aliphatic carbocycles. The van der Waals surface area contributed by atoms with Gasteiger partial charge < -0.3 is 25.2 Å². The van der Waals surface area contributed by atoms with Crippen LogP contribution in [0.3, 0.4) is 0 Å². The van der Waals surface area contributed by atoms with Crippen LogP contribution in [0.4, 0.5) is 17.5 Å². The first-order valence-electron chi connectivity index (χ1n) is 11.6. The van der Waals surface area contributed by atoms with Gasteiger partial charge in [-0.1, -0.05) is 31.5 Å². The second kappa shape index (κ2) is 11.3. The van der Waals surface area contributed by atoms with Gasteiger partial charge >= 0.3 is 0 Å². The molecule has 2 aromatic heterocycles. The van der Waals surface area contributed by atoms with E-state index in [1.54, 1.807) is 25.6 Å². The first-order chi connectivity index (χ1) is 17.1. The SMILES string of the molecule is CCC(CO)CCNc1nc(Nc2cccc(OC)c2OC)nc(C)c1-c1nc2ccccc2s1. The topological polar surface area (TPSA) is 101 Å². The van der Waals surface area contributed by atoms with E-state index in [0.29, 0.717) is 35.5 Å². The van der Waals surface area contributed by atoms with Crippen molar-refractivity contribution in [3.05, 3.63) is 48.2 Å². The first kappa shape index (κ1) is 24.7. The molecule has 9 heteroatoms. The van der Waals surface area contributed by atoms with Crippen molar-refractivity contribution in [1.29, 1.82) is 0 Å². The summed E-state index contributed by atoms with van der Waals surface area (Å²) in [4.78, 5) is 14.4. The molecule has 0 saturated heterocycles. The minimum Gasteiger partial charge on any atom is -0.493 e. The lowest BCUT2D eigenvalue weighted by Gasteiger charge is -2.17. The summed E-state index contributed by atoms with van der Waals surface area (Å²) in [6.07, 6.45) is 1.76. The van der Waals surface area contributed by atoms with Gasteiger partial charge in [-0.05, 0) is 43.5 Å². The number of aliphatic hydroxyl groups is 1. The molecule has 8 nitrogen and oxygen atoms in total. The molecule has 0 aliphatic rings. The summed E-state index contributed by atoms with van der Waals surface area (Å²) in [5.74, 6) is 2.59. The van der Waals surface area contributed by atoms with Crippen LogP contribution in [0.15, 0.2) is 42.5 Å². The van der Waals surface area contributed by atoms with Crippen molar-refractivity contribution in [2.45, 2.75) is 26.7 Å². The predicted molar refractivity (Wildman–Crippen MR) is 142 cm³/mol. The number of aryl methyl sites for hydroxylation is 1. The molecule has 2 heterocycles. The molecule has 35 heavy (non-hydrogen) atoms. The van der Waals surface area contributed by atoms with Crippen molar-refractivity contribution < 1.29 is 14.6 Å². The van der Waals surface area contributed by atoms with Crippen LogP contribution >= 0.6 is 11.3 Å². The third-order valence-corrected chi connectivity index (χ3v) is 6.98. The van der Waals surface area contributed by atoms with Gasteiger partial charge in [0, 0.05) is 13.2 Å². The Morgan fingerprint density at radius 3 is 2.57 bits per heavy atom. The summed E-state index contributed by atoms with van der Waals surface area (Å²) in [6.45, 7) is 4.90. The summed E-state index contributed by atoms with van der Waals surface area (Å²) < 4.78 is 12.1. The highest BCUT2D eigenvalue weighted by Gasteiger charge is 2.19. The van der Waals surface area contributed by atoms with E-state index >= 15 is 0 Å². The molecule has 4 rings (SSSR count). The molecule has 0 fully saturated rings. The average molecular weight is 494 g/mol. The van der Waals surface area contributed by atoms with Gasteiger partial charge in [-0.25, -0.2) is 9.97 Å². The number of fused-ring (bicyclic) bond motifs is 1. The molecule has 0 spiro atoms. The zero-order valence-electron chi connectivity index (χ0n) is 20.5. The Balaban J connectivity index is 1.72. The van der Waals surface area contributed by atoms with Gasteiger partial charge in [0.2, 0.25) is 5.95 Å². The lowest BCUT2D eigenvalue weighted by Crippen LogP contribution is -2.14. The zero-order chi connectivity index (χ0) is 24.8.